The molecule has 1 aliphatic rings. The molecule has 0 bridgehead atoms. The maximum atomic E-state index is 13.9. The number of rotatable bonds is 5. The largest absolute Gasteiger partial charge is 0.390 e. The van der Waals surface area contributed by atoms with Gasteiger partial charge in [0.25, 0.3) is 0 Å². The minimum absolute atomic E-state index is 0.221. The van der Waals surface area contributed by atoms with Crippen LogP contribution in [0, 0.1) is 5.82 Å². The average molecular weight is 389 g/mol. The number of nitrogens with zero attached hydrogens (tertiary/aromatic N) is 2. The number of para-hydroxylation sites is 1. The predicted molar refractivity (Wildman–Crippen MR) is 115 cm³/mol. The minimum atomic E-state index is -0.503. The summed E-state index contributed by atoms with van der Waals surface area (Å²) >= 11 is 0. The maximum Gasteiger partial charge on any atom is 0.132 e. The summed E-state index contributed by atoms with van der Waals surface area (Å²) in [5.41, 5.74) is 4.63. The summed E-state index contributed by atoms with van der Waals surface area (Å²) in [5, 5.41) is 12.5. The molecule has 29 heavy (non-hydrogen) atoms. The van der Waals surface area contributed by atoms with Crippen molar-refractivity contribution < 1.29 is 9.50 Å². The Labute approximate surface area is 168 Å². The third-order valence-electron chi connectivity index (χ3n) is 5.87. The Kier molecular flexibility index (Phi) is 4.70. The van der Waals surface area contributed by atoms with Crippen LogP contribution in [-0.4, -0.2) is 45.3 Å². The summed E-state index contributed by atoms with van der Waals surface area (Å²) < 4.78 is 15.8. The van der Waals surface area contributed by atoms with Crippen LogP contribution >= 0.6 is 0 Å². The second-order valence-electron chi connectivity index (χ2n) is 7.78. The van der Waals surface area contributed by atoms with Gasteiger partial charge in [-0.2, -0.15) is 0 Å². The number of halogens is 1. The number of nitrogens with one attached hydrogen (secondary N) is 1. The Bertz CT molecular complexity index is 1190. The first kappa shape index (κ1) is 18.2. The molecule has 1 unspecified atom stereocenters. The van der Waals surface area contributed by atoms with Crippen molar-refractivity contribution in [2.24, 2.45) is 0 Å². The molecule has 4 aromatic rings. The van der Waals surface area contributed by atoms with Crippen LogP contribution in [0.1, 0.15) is 12.0 Å². The molecule has 3 heterocycles. The number of benzene rings is 2. The van der Waals surface area contributed by atoms with Gasteiger partial charge in [0.15, 0.2) is 0 Å². The molecular formula is C24H24FN3O. The monoisotopic (exact) mass is 389 g/mol. The molecule has 4 nitrogen and oxygen atoms in total. The molecule has 5 heteroatoms. The Morgan fingerprint density at radius 1 is 1.03 bits per heavy atom. The number of aliphatic hydroxyl groups excluding tert-OH is 1. The van der Waals surface area contributed by atoms with Crippen molar-refractivity contribution in [3.8, 4) is 0 Å². The fourth-order valence-electron chi connectivity index (χ4n) is 4.39. The summed E-state index contributed by atoms with van der Waals surface area (Å²) in [6.45, 7) is 2.81. The molecule has 2 aromatic carbocycles. The lowest BCUT2D eigenvalue weighted by Crippen LogP contribution is -2.37. The van der Waals surface area contributed by atoms with E-state index in [1.807, 2.05) is 22.9 Å². The van der Waals surface area contributed by atoms with Crippen molar-refractivity contribution in [3.05, 3.63) is 78.4 Å². The van der Waals surface area contributed by atoms with E-state index >= 15 is 0 Å². The van der Waals surface area contributed by atoms with Crippen LogP contribution in [0.5, 0.6) is 0 Å². The SMILES string of the molecule is OC(CN1CC=C(c2c[nH]c3ccccc23)CC1)Cn1ccc2c(F)cccc21. The average Bonchev–Trinajstić information content (AvgIpc) is 3.34. The zero-order chi connectivity index (χ0) is 19.8. The van der Waals surface area contributed by atoms with Crippen molar-refractivity contribution >= 4 is 27.4 Å². The van der Waals surface area contributed by atoms with E-state index in [2.05, 4.69) is 40.4 Å². The number of aromatic amines is 1. The molecule has 0 radical (unpaired) electrons. The van der Waals surface area contributed by atoms with E-state index in [-0.39, 0.29) is 5.82 Å². The first-order valence-corrected chi connectivity index (χ1v) is 10.1. The molecule has 2 aromatic heterocycles. The van der Waals surface area contributed by atoms with Crippen LogP contribution < -0.4 is 0 Å². The van der Waals surface area contributed by atoms with Gasteiger partial charge in [-0.1, -0.05) is 30.3 Å². The first-order chi connectivity index (χ1) is 14.2. The van der Waals surface area contributed by atoms with Crippen LogP contribution in [-0.2, 0) is 6.54 Å². The van der Waals surface area contributed by atoms with Crippen LogP contribution in [0.4, 0.5) is 4.39 Å². The van der Waals surface area contributed by atoms with Crippen molar-refractivity contribution in [1.82, 2.24) is 14.5 Å². The van der Waals surface area contributed by atoms with E-state index in [1.54, 1.807) is 12.1 Å². The third-order valence-corrected chi connectivity index (χ3v) is 5.87. The highest BCUT2D eigenvalue weighted by Gasteiger charge is 2.18. The smallest absolute Gasteiger partial charge is 0.132 e. The fourth-order valence-corrected chi connectivity index (χ4v) is 4.39. The van der Waals surface area contributed by atoms with Crippen molar-refractivity contribution in [3.63, 3.8) is 0 Å². The van der Waals surface area contributed by atoms with Crippen molar-refractivity contribution in [1.29, 1.82) is 0 Å². The Morgan fingerprint density at radius 3 is 2.79 bits per heavy atom. The fraction of sp³-hybridized carbons (Fsp3) is 0.250. The molecule has 0 amide bonds. The lowest BCUT2D eigenvalue weighted by molar-refractivity contribution is 0.104. The van der Waals surface area contributed by atoms with Crippen LogP contribution in [0.15, 0.2) is 67.0 Å². The van der Waals surface area contributed by atoms with Gasteiger partial charge in [0, 0.05) is 60.4 Å². The van der Waals surface area contributed by atoms with E-state index in [1.165, 1.54) is 22.6 Å². The molecule has 0 saturated heterocycles. The Hall–Kier alpha value is -2.89. The number of β-amino-alcohol motifs (C(OH)–C–C–N with tert-alkyl or cyclic N) is 1. The number of H-pyrrole nitrogens is 1. The van der Waals surface area contributed by atoms with Gasteiger partial charge in [-0.15, -0.1) is 0 Å². The van der Waals surface area contributed by atoms with Gasteiger partial charge in [-0.05, 0) is 36.3 Å². The van der Waals surface area contributed by atoms with E-state index in [0.717, 1.165) is 30.5 Å². The molecule has 0 saturated carbocycles. The molecule has 1 aliphatic heterocycles. The second kappa shape index (κ2) is 7.50. The van der Waals surface area contributed by atoms with Gasteiger partial charge < -0.3 is 14.7 Å². The normalized spacial score (nSPS) is 16.4. The lowest BCUT2D eigenvalue weighted by Gasteiger charge is -2.28. The Morgan fingerprint density at radius 2 is 1.93 bits per heavy atom. The maximum absolute atomic E-state index is 13.9. The zero-order valence-corrected chi connectivity index (χ0v) is 16.2. The zero-order valence-electron chi connectivity index (χ0n) is 16.2. The van der Waals surface area contributed by atoms with Gasteiger partial charge in [0.2, 0.25) is 0 Å². The van der Waals surface area contributed by atoms with E-state index in [4.69, 9.17) is 0 Å². The second-order valence-corrected chi connectivity index (χ2v) is 7.78. The number of hydrogen-bond acceptors (Lipinski definition) is 2. The summed E-state index contributed by atoms with van der Waals surface area (Å²) in [6, 6.07) is 15.2. The van der Waals surface area contributed by atoms with Gasteiger partial charge in [-0.3, -0.25) is 4.90 Å². The quantitative estimate of drug-likeness (QED) is 0.531. The minimum Gasteiger partial charge on any atom is -0.390 e. The Balaban J connectivity index is 1.24. The van der Waals surface area contributed by atoms with Crippen LogP contribution in [0.25, 0.3) is 27.4 Å². The topological polar surface area (TPSA) is 44.2 Å². The van der Waals surface area contributed by atoms with Gasteiger partial charge in [-0.25, -0.2) is 4.39 Å². The highest BCUT2D eigenvalue weighted by Crippen LogP contribution is 2.29. The predicted octanol–water partition coefficient (Wildman–Crippen LogP) is 4.41. The molecule has 1 atom stereocenters. The van der Waals surface area contributed by atoms with Crippen LogP contribution in [0.3, 0.4) is 0 Å². The molecular weight excluding hydrogens is 365 g/mol. The highest BCUT2D eigenvalue weighted by atomic mass is 19.1. The molecule has 0 spiro atoms. The van der Waals surface area contributed by atoms with Crippen molar-refractivity contribution in [2.45, 2.75) is 19.1 Å². The number of aliphatic hydroxyl groups is 1. The third kappa shape index (κ3) is 3.48. The van der Waals surface area contributed by atoms with Crippen LogP contribution in [0.2, 0.25) is 0 Å². The first-order valence-electron chi connectivity index (χ1n) is 10.1. The summed E-state index contributed by atoms with van der Waals surface area (Å²) in [5.74, 6) is -0.221. The van der Waals surface area contributed by atoms with Gasteiger partial charge in [0.1, 0.15) is 5.82 Å². The standard InChI is InChI=1S/C24H24FN3O/c25-22-5-3-7-24-20(22)10-13-28(24)16-18(29)15-27-11-8-17(9-12-27)21-14-26-23-6-2-1-4-19(21)23/h1-8,10,13-14,18,26,29H,9,11-12,15-16H2. The van der Waals surface area contributed by atoms with Gasteiger partial charge in [0.05, 0.1) is 11.6 Å². The number of hydrogen-bond donors (Lipinski definition) is 2. The van der Waals surface area contributed by atoms with E-state index < -0.39 is 6.10 Å². The number of fused-ring (bicyclic) bond motifs is 2. The van der Waals surface area contributed by atoms with Gasteiger partial charge >= 0.3 is 0 Å². The van der Waals surface area contributed by atoms with E-state index in [9.17, 15) is 9.50 Å². The lowest BCUT2D eigenvalue weighted by atomic mass is 9.99. The molecule has 2 N–H and O–H groups in total. The summed E-state index contributed by atoms with van der Waals surface area (Å²) in [7, 11) is 0. The molecule has 5 rings (SSSR count). The number of aromatic nitrogens is 2. The van der Waals surface area contributed by atoms with E-state index in [0.29, 0.717) is 18.5 Å². The molecule has 0 aliphatic carbocycles. The molecule has 0 fully saturated rings. The highest BCUT2D eigenvalue weighted by molar-refractivity contribution is 5.92. The molecule has 148 valence electrons. The summed E-state index contributed by atoms with van der Waals surface area (Å²) in [6.07, 6.45) is 6.68. The van der Waals surface area contributed by atoms with Crippen molar-refractivity contribution in [2.75, 3.05) is 19.6 Å². The summed E-state index contributed by atoms with van der Waals surface area (Å²) in [4.78, 5) is 5.62.